The van der Waals surface area contributed by atoms with Gasteiger partial charge in [0.25, 0.3) is 0 Å². The number of hydrogen-bond donors (Lipinski definition) is 2. The van der Waals surface area contributed by atoms with Gasteiger partial charge in [0.2, 0.25) is 0 Å². The molecule has 0 spiro atoms. The van der Waals surface area contributed by atoms with Gasteiger partial charge in [-0.25, -0.2) is 9.97 Å². The van der Waals surface area contributed by atoms with E-state index in [4.69, 9.17) is 5.73 Å². The van der Waals surface area contributed by atoms with Crippen LogP contribution in [-0.2, 0) is 0 Å². The van der Waals surface area contributed by atoms with E-state index in [-0.39, 0.29) is 0 Å². The zero-order valence-corrected chi connectivity index (χ0v) is 16.0. The molecule has 24 heavy (non-hydrogen) atoms. The number of nitrogens with one attached hydrogen (secondary N) is 1. The molecule has 0 atom stereocenters. The summed E-state index contributed by atoms with van der Waals surface area (Å²) in [6.07, 6.45) is 1.55. The van der Waals surface area contributed by atoms with Gasteiger partial charge in [-0.1, -0.05) is 63.2 Å². The molecule has 0 bridgehead atoms. The fourth-order valence-corrected chi connectivity index (χ4v) is 7.58. The molecule has 3 aromatic rings. The van der Waals surface area contributed by atoms with Gasteiger partial charge in [-0.05, 0) is 18.1 Å². The quantitative estimate of drug-likeness (QED) is 0.684. The molecule has 0 radical (unpaired) electrons. The number of H-pyrrole nitrogens is 1. The van der Waals surface area contributed by atoms with E-state index in [1.165, 1.54) is 40.1 Å². The second-order valence-corrected chi connectivity index (χ2v) is 11.7. The number of aromatic nitrogens is 3. The van der Waals surface area contributed by atoms with Crippen LogP contribution < -0.4 is 11.1 Å². The van der Waals surface area contributed by atoms with Crippen LogP contribution in [0.3, 0.4) is 0 Å². The standard InChI is InChI=1S/C19H26N4Si/c1-5-24(6-2,7-3)19-15(14-11-9-8-10-13(14)4)16-17(20)21-12-22-18(16)23-19/h8-12H,5-7H2,1-4H3,(H3,20,21,22,23). The summed E-state index contributed by atoms with van der Waals surface area (Å²) >= 11 is 0. The SMILES string of the molecule is CC[Si](CC)(CC)c1[nH]c2ncnc(N)c2c1-c1ccccc1C. The van der Waals surface area contributed by atoms with E-state index in [0.29, 0.717) is 5.82 Å². The van der Waals surface area contributed by atoms with E-state index in [9.17, 15) is 0 Å². The summed E-state index contributed by atoms with van der Waals surface area (Å²) < 4.78 is 0. The zero-order chi connectivity index (χ0) is 17.3. The van der Waals surface area contributed by atoms with Gasteiger partial charge in [0.15, 0.2) is 0 Å². The second kappa shape index (κ2) is 6.40. The molecule has 5 heteroatoms. The molecule has 0 saturated heterocycles. The largest absolute Gasteiger partial charge is 0.383 e. The first kappa shape index (κ1) is 16.7. The van der Waals surface area contributed by atoms with Crippen LogP contribution in [0.2, 0.25) is 18.1 Å². The van der Waals surface area contributed by atoms with Crippen LogP contribution in [0.15, 0.2) is 30.6 Å². The Hall–Kier alpha value is -2.14. The number of aryl methyl sites for hydroxylation is 1. The average Bonchev–Trinajstić information content (AvgIpc) is 2.99. The normalized spacial score (nSPS) is 12.0. The Labute approximate surface area is 144 Å². The van der Waals surface area contributed by atoms with Gasteiger partial charge in [0, 0.05) is 10.9 Å². The van der Waals surface area contributed by atoms with Gasteiger partial charge in [0.05, 0.1) is 5.39 Å². The average molecular weight is 339 g/mol. The van der Waals surface area contributed by atoms with Gasteiger partial charge in [0.1, 0.15) is 25.9 Å². The van der Waals surface area contributed by atoms with Gasteiger partial charge in [-0.3, -0.25) is 0 Å². The van der Waals surface area contributed by atoms with Crippen LogP contribution >= 0.6 is 0 Å². The molecule has 0 fully saturated rings. The van der Waals surface area contributed by atoms with Gasteiger partial charge in [-0.2, -0.15) is 0 Å². The van der Waals surface area contributed by atoms with Crippen LogP contribution in [0.1, 0.15) is 26.3 Å². The Balaban J connectivity index is 2.45. The number of fused-ring (bicyclic) bond motifs is 1. The van der Waals surface area contributed by atoms with Crippen molar-refractivity contribution < 1.29 is 0 Å². The smallest absolute Gasteiger partial charge is 0.143 e. The van der Waals surface area contributed by atoms with Crippen LogP contribution in [-0.4, -0.2) is 23.0 Å². The Bertz CT molecular complexity index is 857. The highest BCUT2D eigenvalue weighted by Gasteiger charge is 2.35. The van der Waals surface area contributed by atoms with E-state index in [0.717, 1.165) is 11.0 Å². The van der Waals surface area contributed by atoms with Crippen molar-refractivity contribution in [1.29, 1.82) is 0 Å². The predicted octanol–water partition coefficient (Wildman–Crippen LogP) is 4.23. The van der Waals surface area contributed by atoms with Crippen LogP contribution in [0.25, 0.3) is 22.2 Å². The predicted molar refractivity (Wildman–Crippen MR) is 105 cm³/mol. The first-order valence-electron chi connectivity index (χ1n) is 8.76. The van der Waals surface area contributed by atoms with Crippen molar-refractivity contribution in [1.82, 2.24) is 15.0 Å². The first-order chi connectivity index (χ1) is 11.6. The monoisotopic (exact) mass is 338 g/mol. The molecule has 126 valence electrons. The van der Waals surface area contributed by atoms with Crippen molar-refractivity contribution in [3.63, 3.8) is 0 Å². The zero-order valence-electron chi connectivity index (χ0n) is 15.0. The van der Waals surface area contributed by atoms with Crippen molar-refractivity contribution in [2.45, 2.75) is 45.8 Å². The maximum absolute atomic E-state index is 6.27. The van der Waals surface area contributed by atoms with E-state index in [2.05, 4.69) is 66.9 Å². The molecule has 0 aliphatic carbocycles. The summed E-state index contributed by atoms with van der Waals surface area (Å²) in [4.78, 5) is 12.4. The highest BCUT2D eigenvalue weighted by Crippen LogP contribution is 2.35. The number of aromatic amines is 1. The van der Waals surface area contributed by atoms with Gasteiger partial charge in [-0.15, -0.1) is 0 Å². The Kier molecular flexibility index (Phi) is 4.45. The number of hydrogen-bond acceptors (Lipinski definition) is 3. The molecule has 1 aromatic carbocycles. The molecule has 4 nitrogen and oxygen atoms in total. The number of nitrogen functional groups attached to an aromatic ring is 1. The summed E-state index contributed by atoms with van der Waals surface area (Å²) in [5, 5.41) is 2.36. The third-order valence-electron chi connectivity index (χ3n) is 5.60. The molecule has 0 amide bonds. The van der Waals surface area contributed by atoms with E-state index < -0.39 is 8.07 Å². The second-order valence-electron chi connectivity index (χ2n) is 6.51. The maximum Gasteiger partial charge on any atom is 0.143 e. The van der Waals surface area contributed by atoms with E-state index in [1.807, 2.05) is 0 Å². The highest BCUT2D eigenvalue weighted by atomic mass is 28.3. The van der Waals surface area contributed by atoms with E-state index >= 15 is 0 Å². The number of nitrogens with zero attached hydrogens (tertiary/aromatic N) is 2. The topological polar surface area (TPSA) is 67.6 Å². The number of rotatable bonds is 5. The minimum atomic E-state index is -1.63. The molecule has 0 aliphatic heterocycles. The lowest BCUT2D eigenvalue weighted by Crippen LogP contribution is -2.47. The molecule has 3 rings (SSSR count). The molecule has 0 unspecified atom stereocenters. The minimum absolute atomic E-state index is 0.562. The Morgan fingerprint density at radius 1 is 1.04 bits per heavy atom. The highest BCUT2D eigenvalue weighted by molar-refractivity contribution is 6.92. The molecular formula is C19H26N4Si. The third kappa shape index (κ3) is 2.43. The Morgan fingerprint density at radius 2 is 1.71 bits per heavy atom. The lowest BCUT2D eigenvalue weighted by Gasteiger charge is -2.29. The fraction of sp³-hybridized carbons (Fsp3) is 0.368. The minimum Gasteiger partial charge on any atom is -0.383 e. The summed E-state index contributed by atoms with van der Waals surface area (Å²) in [6.45, 7) is 9.12. The first-order valence-corrected chi connectivity index (χ1v) is 11.4. The summed E-state index contributed by atoms with van der Waals surface area (Å²) in [7, 11) is -1.63. The van der Waals surface area contributed by atoms with Crippen LogP contribution in [0.4, 0.5) is 5.82 Å². The van der Waals surface area contributed by atoms with Crippen molar-refractivity contribution in [3.8, 4) is 11.1 Å². The lowest BCUT2D eigenvalue weighted by molar-refractivity contribution is 1.17. The molecule has 0 saturated carbocycles. The van der Waals surface area contributed by atoms with Gasteiger partial charge >= 0.3 is 0 Å². The molecule has 2 heterocycles. The summed E-state index contributed by atoms with van der Waals surface area (Å²) in [5.74, 6) is 0.562. The molecule has 2 aromatic heterocycles. The van der Waals surface area contributed by atoms with Crippen molar-refractivity contribution in [2.75, 3.05) is 5.73 Å². The van der Waals surface area contributed by atoms with E-state index in [1.54, 1.807) is 6.33 Å². The molecule has 3 N–H and O–H groups in total. The van der Waals surface area contributed by atoms with Crippen molar-refractivity contribution >= 4 is 30.2 Å². The molecule has 0 aliphatic rings. The lowest BCUT2D eigenvalue weighted by atomic mass is 10.0. The number of benzene rings is 1. The van der Waals surface area contributed by atoms with Crippen LogP contribution in [0, 0.1) is 6.92 Å². The number of anilines is 1. The summed E-state index contributed by atoms with van der Waals surface area (Å²) in [5.41, 5.74) is 10.9. The van der Waals surface area contributed by atoms with Crippen molar-refractivity contribution in [3.05, 3.63) is 36.2 Å². The van der Waals surface area contributed by atoms with Crippen molar-refractivity contribution in [2.24, 2.45) is 0 Å². The number of nitrogens with two attached hydrogens (primary N) is 1. The fourth-order valence-electron chi connectivity index (χ4n) is 3.85. The summed E-state index contributed by atoms with van der Waals surface area (Å²) in [6, 6.07) is 12.1. The maximum atomic E-state index is 6.27. The molecular weight excluding hydrogens is 312 g/mol. The third-order valence-corrected chi connectivity index (χ3v) is 11.1. The van der Waals surface area contributed by atoms with Gasteiger partial charge < -0.3 is 10.7 Å². The van der Waals surface area contributed by atoms with Crippen LogP contribution in [0.5, 0.6) is 0 Å². The Morgan fingerprint density at radius 3 is 2.33 bits per heavy atom.